The van der Waals surface area contributed by atoms with Gasteiger partial charge in [-0.25, -0.2) is 17.6 Å². The molecule has 2 aromatic carbocycles. The highest BCUT2D eigenvalue weighted by molar-refractivity contribution is 6.09. The van der Waals surface area contributed by atoms with Crippen LogP contribution in [0.25, 0.3) is 0 Å². The number of rotatable bonds is 2. The number of benzene rings is 2. The van der Waals surface area contributed by atoms with Gasteiger partial charge >= 0.3 is 0 Å². The highest BCUT2D eigenvalue weighted by atomic mass is 19.2. The summed E-state index contributed by atoms with van der Waals surface area (Å²) in [5.41, 5.74) is -0.447. The molecule has 98 valence electrons. The van der Waals surface area contributed by atoms with Crippen molar-refractivity contribution in [1.29, 1.82) is 0 Å². The standard InChI is InChI=1S/C14H8F4O/c1-7-2-3-8(4-10(7)15)14(19)9-5-12(17)13(18)6-11(9)16/h2-6H,1H3. The first-order valence-electron chi connectivity index (χ1n) is 5.35. The number of halogens is 4. The van der Waals surface area contributed by atoms with Gasteiger partial charge in [0.05, 0.1) is 5.56 Å². The van der Waals surface area contributed by atoms with Gasteiger partial charge in [0.25, 0.3) is 0 Å². The number of hydrogen-bond acceptors (Lipinski definition) is 1. The lowest BCUT2D eigenvalue weighted by Gasteiger charge is -2.05. The van der Waals surface area contributed by atoms with Gasteiger partial charge in [0.2, 0.25) is 0 Å². The van der Waals surface area contributed by atoms with Crippen molar-refractivity contribution in [2.75, 3.05) is 0 Å². The second-order valence-electron chi connectivity index (χ2n) is 4.04. The third-order valence-electron chi connectivity index (χ3n) is 2.69. The van der Waals surface area contributed by atoms with Gasteiger partial charge in [-0.1, -0.05) is 12.1 Å². The van der Waals surface area contributed by atoms with Crippen LogP contribution in [-0.2, 0) is 0 Å². The molecule has 0 fully saturated rings. The molecule has 0 aliphatic heterocycles. The topological polar surface area (TPSA) is 17.1 Å². The van der Waals surface area contributed by atoms with E-state index in [1.165, 1.54) is 19.1 Å². The first kappa shape index (κ1) is 13.3. The Hall–Kier alpha value is -2.17. The SMILES string of the molecule is Cc1ccc(C(=O)c2cc(F)c(F)cc2F)cc1F. The van der Waals surface area contributed by atoms with Gasteiger partial charge in [-0.05, 0) is 24.6 Å². The van der Waals surface area contributed by atoms with Crippen molar-refractivity contribution < 1.29 is 22.4 Å². The highest BCUT2D eigenvalue weighted by Crippen LogP contribution is 2.19. The Bertz CT molecular complexity index is 665. The molecule has 0 radical (unpaired) electrons. The van der Waals surface area contributed by atoms with Crippen LogP contribution >= 0.6 is 0 Å². The molecule has 0 bridgehead atoms. The fraction of sp³-hybridized carbons (Fsp3) is 0.0714. The number of ketones is 1. The van der Waals surface area contributed by atoms with E-state index < -0.39 is 34.6 Å². The van der Waals surface area contributed by atoms with E-state index in [2.05, 4.69) is 0 Å². The van der Waals surface area contributed by atoms with Crippen molar-refractivity contribution in [3.8, 4) is 0 Å². The number of carbonyl (C=O) groups excluding carboxylic acids is 1. The molecule has 0 saturated carbocycles. The molecule has 19 heavy (non-hydrogen) atoms. The Morgan fingerprint density at radius 2 is 1.47 bits per heavy atom. The summed E-state index contributed by atoms with van der Waals surface area (Å²) in [6.45, 7) is 1.50. The second-order valence-corrected chi connectivity index (χ2v) is 4.04. The molecular weight excluding hydrogens is 260 g/mol. The monoisotopic (exact) mass is 268 g/mol. The predicted molar refractivity (Wildman–Crippen MR) is 60.9 cm³/mol. The molecular formula is C14H8F4O. The number of aryl methyl sites for hydroxylation is 1. The fourth-order valence-electron chi connectivity index (χ4n) is 1.59. The van der Waals surface area contributed by atoms with Gasteiger partial charge in [0.15, 0.2) is 17.4 Å². The van der Waals surface area contributed by atoms with Crippen LogP contribution in [0, 0.1) is 30.2 Å². The lowest BCUT2D eigenvalue weighted by Crippen LogP contribution is -2.07. The van der Waals surface area contributed by atoms with Gasteiger partial charge in [-0.15, -0.1) is 0 Å². The third-order valence-corrected chi connectivity index (χ3v) is 2.69. The smallest absolute Gasteiger partial charge is 0.196 e. The second kappa shape index (κ2) is 4.84. The Kier molecular flexibility index (Phi) is 3.38. The third kappa shape index (κ3) is 2.50. The summed E-state index contributed by atoms with van der Waals surface area (Å²) >= 11 is 0. The molecule has 2 aromatic rings. The quantitative estimate of drug-likeness (QED) is 0.460. The van der Waals surface area contributed by atoms with Gasteiger partial charge in [0, 0.05) is 11.6 Å². The summed E-state index contributed by atoms with van der Waals surface area (Å²) in [6.07, 6.45) is 0. The van der Waals surface area contributed by atoms with Crippen LogP contribution < -0.4 is 0 Å². The lowest BCUT2D eigenvalue weighted by molar-refractivity contribution is 0.103. The Labute approximate surface area is 106 Å². The van der Waals surface area contributed by atoms with Gasteiger partial charge in [-0.3, -0.25) is 4.79 Å². The minimum absolute atomic E-state index is 0.131. The van der Waals surface area contributed by atoms with Crippen LogP contribution in [0.4, 0.5) is 17.6 Å². The van der Waals surface area contributed by atoms with Crippen molar-refractivity contribution >= 4 is 5.78 Å². The summed E-state index contributed by atoms with van der Waals surface area (Å²) in [4.78, 5) is 11.9. The largest absolute Gasteiger partial charge is 0.288 e. The van der Waals surface area contributed by atoms with Gasteiger partial charge in [-0.2, -0.15) is 0 Å². The molecule has 0 amide bonds. The summed E-state index contributed by atoms with van der Waals surface area (Å²) in [6, 6.07) is 4.32. The van der Waals surface area contributed by atoms with E-state index >= 15 is 0 Å². The van der Waals surface area contributed by atoms with Gasteiger partial charge in [0.1, 0.15) is 11.6 Å². The molecule has 0 unspecified atom stereocenters. The van der Waals surface area contributed by atoms with Gasteiger partial charge < -0.3 is 0 Å². The van der Waals surface area contributed by atoms with Crippen LogP contribution in [0.3, 0.4) is 0 Å². The zero-order valence-electron chi connectivity index (χ0n) is 9.81. The Balaban J connectivity index is 2.49. The van der Waals surface area contributed by atoms with E-state index in [4.69, 9.17) is 0 Å². The molecule has 0 aliphatic carbocycles. The zero-order valence-corrected chi connectivity index (χ0v) is 9.81. The molecule has 2 rings (SSSR count). The van der Waals surface area contributed by atoms with E-state index in [-0.39, 0.29) is 11.6 Å². The van der Waals surface area contributed by atoms with Crippen LogP contribution in [-0.4, -0.2) is 5.78 Å². The minimum atomic E-state index is -1.39. The molecule has 5 heteroatoms. The molecule has 0 saturated heterocycles. The molecule has 1 nitrogen and oxygen atoms in total. The number of carbonyl (C=O) groups is 1. The van der Waals surface area contributed by atoms with Crippen LogP contribution in [0.1, 0.15) is 21.5 Å². The van der Waals surface area contributed by atoms with Crippen LogP contribution in [0.5, 0.6) is 0 Å². The van der Waals surface area contributed by atoms with E-state index in [9.17, 15) is 22.4 Å². The maximum absolute atomic E-state index is 13.4. The Morgan fingerprint density at radius 3 is 2.11 bits per heavy atom. The molecule has 0 aromatic heterocycles. The van der Waals surface area contributed by atoms with Crippen molar-refractivity contribution in [3.05, 3.63) is 70.3 Å². The zero-order chi connectivity index (χ0) is 14.2. The fourth-order valence-corrected chi connectivity index (χ4v) is 1.59. The first-order chi connectivity index (χ1) is 8.90. The normalized spacial score (nSPS) is 10.6. The maximum atomic E-state index is 13.4. The lowest BCUT2D eigenvalue weighted by atomic mass is 10.0. The summed E-state index contributed by atoms with van der Waals surface area (Å²) in [5.74, 6) is -5.45. The summed E-state index contributed by atoms with van der Waals surface area (Å²) in [5, 5.41) is 0. The van der Waals surface area contributed by atoms with Crippen molar-refractivity contribution in [2.45, 2.75) is 6.92 Å². The average molecular weight is 268 g/mol. The molecule has 0 atom stereocenters. The van der Waals surface area contributed by atoms with Crippen LogP contribution in [0.2, 0.25) is 0 Å². The predicted octanol–water partition coefficient (Wildman–Crippen LogP) is 3.78. The van der Waals surface area contributed by atoms with Crippen molar-refractivity contribution in [1.82, 2.24) is 0 Å². The van der Waals surface area contributed by atoms with Crippen molar-refractivity contribution in [2.24, 2.45) is 0 Å². The first-order valence-corrected chi connectivity index (χ1v) is 5.35. The van der Waals surface area contributed by atoms with E-state index in [1.54, 1.807) is 0 Å². The van der Waals surface area contributed by atoms with E-state index in [0.717, 1.165) is 6.07 Å². The summed E-state index contributed by atoms with van der Waals surface area (Å²) in [7, 11) is 0. The average Bonchev–Trinajstić information content (AvgIpc) is 2.36. The van der Waals surface area contributed by atoms with E-state index in [1.807, 2.05) is 0 Å². The van der Waals surface area contributed by atoms with E-state index in [0.29, 0.717) is 11.6 Å². The van der Waals surface area contributed by atoms with Crippen LogP contribution in [0.15, 0.2) is 30.3 Å². The minimum Gasteiger partial charge on any atom is -0.288 e. The number of hydrogen-bond donors (Lipinski definition) is 0. The highest BCUT2D eigenvalue weighted by Gasteiger charge is 2.18. The van der Waals surface area contributed by atoms with Crippen molar-refractivity contribution in [3.63, 3.8) is 0 Å². The molecule has 0 N–H and O–H groups in total. The molecule has 0 heterocycles. The summed E-state index contributed by atoms with van der Waals surface area (Å²) < 4.78 is 52.5. The maximum Gasteiger partial charge on any atom is 0.196 e. The Morgan fingerprint density at radius 1 is 0.842 bits per heavy atom. The molecule has 0 aliphatic rings. The molecule has 0 spiro atoms.